The number of imidazole rings is 1. The zero-order chi connectivity index (χ0) is 14.9. The van der Waals surface area contributed by atoms with Gasteiger partial charge in [-0.05, 0) is 52.4 Å². The Labute approximate surface area is 126 Å². The lowest BCUT2D eigenvalue weighted by molar-refractivity contribution is -0.151. The minimum Gasteiger partial charge on any atom is -0.465 e. The van der Waals surface area contributed by atoms with Gasteiger partial charge in [0.05, 0.1) is 25.2 Å². The summed E-state index contributed by atoms with van der Waals surface area (Å²) in [5.41, 5.74) is 1.84. The molecule has 21 heavy (non-hydrogen) atoms. The van der Waals surface area contributed by atoms with Gasteiger partial charge in [0.1, 0.15) is 5.54 Å². The summed E-state index contributed by atoms with van der Waals surface area (Å²) in [6.07, 6.45) is 8.76. The molecule has 5 heteroatoms. The number of rotatable bonds is 6. The molecule has 1 heterocycles. The van der Waals surface area contributed by atoms with Gasteiger partial charge in [0.15, 0.2) is 0 Å². The zero-order valence-electron chi connectivity index (χ0n) is 13.0. The topological polar surface area (TPSA) is 56.2 Å². The van der Waals surface area contributed by atoms with Crippen LogP contribution in [0.3, 0.4) is 0 Å². The van der Waals surface area contributed by atoms with Gasteiger partial charge in [0.25, 0.3) is 0 Å². The molecule has 0 aromatic carbocycles. The molecule has 1 atom stereocenters. The summed E-state index contributed by atoms with van der Waals surface area (Å²) in [7, 11) is 0. The van der Waals surface area contributed by atoms with Crippen molar-refractivity contribution in [3.05, 3.63) is 17.7 Å². The number of fused-ring (bicyclic) bond motifs is 1. The standard InChI is InChI=1S/C16H25N3O2/c1-3-21-15(20)16(2,18-12-8-9-12)10-19-11-17-13-6-4-5-7-14(13)19/h11-12,18H,3-10H2,1-2H3. The Morgan fingerprint density at radius 2 is 2.24 bits per heavy atom. The van der Waals surface area contributed by atoms with Gasteiger partial charge in [-0.3, -0.25) is 5.32 Å². The summed E-state index contributed by atoms with van der Waals surface area (Å²) in [5, 5.41) is 3.47. The smallest absolute Gasteiger partial charge is 0.327 e. The van der Waals surface area contributed by atoms with Crippen molar-refractivity contribution in [3.63, 3.8) is 0 Å². The molecule has 1 aromatic heterocycles. The summed E-state index contributed by atoms with van der Waals surface area (Å²) >= 11 is 0. The second-order valence-corrected chi connectivity index (χ2v) is 6.44. The van der Waals surface area contributed by atoms with Crippen molar-refractivity contribution in [1.82, 2.24) is 14.9 Å². The molecule has 0 saturated heterocycles. The first kappa shape index (κ1) is 14.6. The van der Waals surface area contributed by atoms with Crippen LogP contribution in [0.1, 0.15) is 50.9 Å². The molecule has 116 valence electrons. The van der Waals surface area contributed by atoms with Crippen LogP contribution in [-0.2, 0) is 28.9 Å². The number of hydrogen-bond donors (Lipinski definition) is 1. The number of hydrogen-bond acceptors (Lipinski definition) is 4. The Morgan fingerprint density at radius 1 is 1.48 bits per heavy atom. The quantitative estimate of drug-likeness (QED) is 0.813. The molecule has 5 nitrogen and oxygen atoms in total. The van der Waals surface area contributed by atoms with E-state index in [-0.39, 0.29) is 5.97 Å². The van der Waals surface area contributed by atoms with Gasteiger partial charge >= 0.3 is 5.97 Å². The van der Waals surface area contributed by atoms with Gasteiger partial charge in [-0.1, -0.05) is 0 Å². The fourth-order valence-corrected chi connectivity index (χ4v) is 3.15. The van der Waals surface area contributed by atoms with Gasteiger partial charge in [-0.25, -0.2) is 9.78 Å². The van der Waals surface area contributed by atoms with E-state index in [9.17, 15) is 4.79 Å². The van der Waals surface area contributed by atoms with E-state index in [4.69, 9.17) is 4.74 Å². The summed E-state index contributed by atoms with van der Waals surface area (Å²) in [4.78, 5) is 16.9. The minimum atomic E-state index is -0.664. The van der Waals surface area contributed by atoms with Crippen LogP contribution in [0.2, 0.25) is 0 Å². The maximum Gasteiger partial charge on any atom is 0.327 e. The van der Waals surface area contributed by atoms with E-state index in [1.165, 1.54) is 24.2 Å². The lowest BCUT2D eigenvalue weighted by Gasteiger charge is -2.30. The average Bonchev–Trinajstić information content (AvgIpc) is 3.19. The normalized spacial score (nSPS) is 20.7. The second-order valence-electron chi connectivity index (χ2n) is 6.44. The number of carbonyl (C=O) groups is 1. The van der Waals surface area contributed by atoms with E-state index < -0.39 is 5.54 Å². The molecule has 0 amide bonds. The number of aryl methyl sites for hydroxylation is 1. The molecule has 1 fully saturated rings. The Hall–Kier alpha value is -1.36. The number of nitrogens with one attached hydrogen (secondary N) is 1. The molecule has 2 aliphatic carbocycles. The highest BCUT2D eigenvalue weighted by Crippen LogP contribution is 2.26. The largest absolute Gasteiger partial charge is 0.465 e. The number of carbonyl (C=O) groups excluding carboxylic acids is 1. The molecule has 0 bridgehead atoms. The predicted octanol–water partition coefficient (Wildman–Crippen LogP) is 1.84. The van der Waals surface area contributed by atoms with Gasteiger partial charge in [-0.15, -0.1) is 0 Å². The van der Waals surface area contributed by atoms with Crippen LogP contribution in [0.5, 0.6) is 0 Å². The molecular formula is C16H25N3O2. The first-order valence-electron chi connectivity index (χ1n) is 8.10. The third-order valence-corrected chi connectivity index (χ3v) is 4.42. The highest BCUT2D eigenvalue weighted by atomic mass is 16.5. The Bertz CT molecular complexity index is 522. The summed E-state index contributed by atoms with van der Waals surface area (Å²) in [5.74, 6) is -0.157. The summed E-state index contributed by atoms with van der Waals surface area (Å²) < 4.78 is 7.45. The first-order valence-corrected chi connectivity index (χ1v) is 8.10. The van der Waals surface area contributed by atoms with Crippen molar-refractivity contribution in [2.45, 2.75) is 70.5 Å². The highest BCUT2D eigenvalue weighted by Gasteiger charge is 2.40. The number of esters is 1. The molecule has 3 rings (SSSR count). The van der Waals surface area contributed by atoms with E-state index in [1.54, 1.807) is 0 Å². The van der Waals surface area contributed by atoms with E-state index in [1.807, 2.05) is 20.2 Å². The van der Waals surface area contributed by atoms with Crippen molar-refractivity contribution in [3.8, 4) is 0 Å². The maximum atomic E-state index is 12.4. The summed E-state index contributed by atoms with van der Waals surface area (Å²) in [6.45, 7) is 4.83. The monoisotopic (exact) mass is 291 g/mol. The molecule has 1 aromatic rings. The SMILES string of the molecule is CCOC(=O)C(C)(Cn1cnc2c1CCCC2)NC1CC1. The number of aromatic nitrogens is 2. The lowest BCUT2D eigenvalue weighted by Crippen LogP contribution is -2.54. The van der Waals surface area contributed by atoms with Crippen LogP contribution in [0.25, 0.3) is 0 Å². The fourth-order valence-electron chi connectivity index (χ4n) is 3.15. The molecule has 1 N–H and O–H groups in total. The van der Waals surface area contributed by atoms with Gasteiger partial charge in [-0.2, -0.15) is 0 Å². The van der Waals surface area contributed by atoms with Crippen molar-refractivity contribution < 1.29 is 9.53 Å². The van der Waals surface area contributed by atoms with Crippen LogP contribution in [-0.4, -0.2) is 33.7 Å². The first-order chi connectivity index (χ1) is 10.1. The van der Waals surface area contributed by atoms with Crippen LogP contribution in [0, 0.1) is 0 Å². The third-order valence-electron chi connectivity index (χ3n) is 4.42. The van der Waals surface area contributed by atoms with E-state index in [2.05, 4.69) is 14.9 Å². The lowest BCUT2D eigenvalue weighted by atomic mass is 9.99. The Balaban J connectivity index is 1.80. The highest BCUT2D eigenvalue weighted by molar-refractivity contribution is 5.80. The molecule has 1 unspecified atom stereocenters. The molecule has 0 spiro atoms. The minimum absolute atomic E-state index is 0.157. The number of nitrogens with zero attached hydrogens (tertiary/aromatic N) is 2. The second kappa shape index (κ2) is 5.79. The Morgan fingerprint density at radius 3 is 2.95 bits per heavy atom. The van der Waals surface area contributed by atoms with Gasteiger partial charge < -0.3 is 9.30 Å². The maximum absolute atomic E-state index is 12.4. The van der Waals surface area contributed by atoms with E-state index >= 15 is 0 Å². The van der Waals surface area contributed by atoms with Crippen molar-refractivity contribution >= 4 is 5.97 Å². The fraction of sp³-hybridized carbons (Fsp3) is 0.750. The van der Waals surface area contributed by atoms with Crippen LogP contribution < -0.4 is 5.32 Å². The van der Waals surface area contributed by atoms with Gasteiger partial charge in [0.2, 0.25) is 0 Å². The van der Waals surface area contributed by atoms with Crippen molar-refractivity contribution in [1.29, 1.82) is 0 Å². The third kappa shape index (κ3) is 3.12. The van der Waals surface area contributed by atoms with E-state index in [0.29, 0.717) is 19.2 Å². The predicted molar refractivity (Wildman–Crippen MR) is 80.1 cm³/mol. The van der Waals surface area contributed by atoms with Crippen LogP contribution in [0.15, 0.2) is 6.33 Å². The summed E-state index contributed by atoms with van der Waals surface area (Å²) in [6, 6.07) is 0.457. The van der Waals surface area contributed by atoms with Crippen molar-refractivity contribution in [2.24, 2.45) is 0 Å². The molecule has 1 saturated carbocycles. The zero-order valence-corrected chi connectivity index (χ0v) is 13.0. The number of ether oxygens (including phenoxy) is 1. The molecule has 0 radical (unpaired) electrons. The van der Waals surface area contributed by atoms with Crippen molar-refractivity contribution in [2.75, 3.05) is 6.61 Å². The van der Waals surface area contributed by atoms with Crippen LogP contribution >= 0.6 is 0 Å². The molecule has 0 aliphatic heterocycles. The Kier molecular flexibility index (Phi) is 4.02. The van der Waals surface area contributed by atoms with E-state index in [0.717, 1.165) is 25.7 Å². The van der Waals surface area contributed by atoms with Gasteiger partial charge in [0, 0.05) is 11.7 Å². The van der Waals surface area contributed by atoms with Crippen LogP contribution in [0.4, 0.5) is 0 Å². The average molecular weight is 291 g/mol. The molecular weight excluding hydrogens is 266 g/mol. The molecule has 2 aliphatic rings.